The average molecular weight is 315 g/mol. The van der Waals surface area contributed by atoms with Gasteiger partial charge in [0, 0.05) is 23.6 Å². The zero-order valence-corrected chi connectivity index (χ0v) is 12.6. The van der Waals surface area contributed by atoms with Crippen molar-refractivity contribution in [3.63, 3.8) is 0 Å². The van der Waals surface area contributed by atoms with Gasteiger partial charge in [-0.15, -0.1) is 0 Å². The van der Waals surface area contributed by atoms with E-state index in [1.807, 2.05) is 6.07 Å². The zero-order valence-electron chi connectivity index (χ0n) is 11.0. The number of nitro groups is 1. The first-order chi connectivity index (χ1) is 8.45. The summed E-state index contributed by atoms with van der Waals surface area (Å²) >= 11 is 3.41. The topological polar surface area (TPSA) is 46.4 Å². The molecule has 0 amide bonds. The molecule has 0 fully saturated rings. The molecule has 0 saturated carbocycles. The summed E-state index contributed by atoms with van der Waals surface area (Å²) in [5.41, 5.74) is 0.941. The molecular weight excluding hydrogens is 296 g/mol. The van der Waals surface area contributed by atoms with Gasteiger partial charge >= 0.3 is 0 Å². The van der Waals surface area contributed by atoms with Gasteiger partial charge in [-0.25, -0.2) is 0 Å². The smallest absolute Gasteiger partial charge is 0.275 e. The highest BCUT2D eigenvalue weighted by Crippen LogP contribution is 2.28. The summed E-state index contributed by atoms with van der Waals surface area (Å²) in [7, 11) is 0. The molecule has 0 aliphatic carbocycles. The predicted octanol–water partition coefficient (Wildman–Crippen LogP) is 3.84. The SMILES string of the molecule is CCN(Cc1c(Br)cccc1[N+](=O)[O-])CC(C)C. The van der Waals surface area contributed by atoms with Crippen LogP contribution in [0, 0.1) is 16.0 Å². The van der Waals surface area contributed by atoms with Gasteiger partial charge in [-0.3, -0.25) is 15.0 Å². The molecule has 0 radical (unpaired) electrons. The molecule has 0 aliphatic rings. The number of rotatable bonds is 6. The van der Waals surface area contributed by atoms with Gasteiger partial charge in [0.1, 0.15) is 0 Å². The minimum Gasteiger partial charge on any atom is -0.299 e. The fourth-order valence-electron chi connectivity index (χ4n) is 1.92. The molecule has 1 aromatic carbocycles. The normalized spacial score (nSPS) is 11.2. The maximum atomic E-state index is 11.0. The van der Waals surface area contributed by atoms with Crippen LogP contribution in [0.1, 0.15) is 26.3 Å². The van der Waals surface area contributed by atoms with Crippen LogP contribution in [0.3, 0.4) is 0 Å². The molecule has 0 heterocycles. The Kier molecular flexibility index (Phi) is 5.75. The van der Waals surface area contributed by atoms with Gasteiger partial charge < -0.3 is 0 Å². The second-order valence-electron chi connectivity index (χ2n) is 4.72. The monoisotopic (exact) mass is 314 g/mol. The van der Waals surface area contributed by atoms with E-state index in [2.05, 4.69) is 41.6 Å². The molecule has 0 unspecified atom stereocenters. The van der Waals surface area contributed by atoms with E-state index in [4.69, 9.17) is 0 Å². The number of benzene rings is 1. The zero-order chi connectivity index (χ0) is 13.7. The summed E-state index contributed by atoms with van der Waals surface area (Å²) in [5.74, 6) is 0.548. The Morgan fingerprint density at radius 1 is 1.44 bits per heavy atom. The summed E-state index contributed by atoms with van der Waals surface area (Å²) in [6.07, 6.45) is 0. The maximum absolute atomic E-state index is 11.0. The van der Waals surface area contributed by atoms with Gasteiger partial charge in [0.25, 0.3) is 5.69 Å². The van der Waals surface area contributed by atoms with Crippen molar-refractivity contribution in [1.82, 2.24) is 4.90 Å². The maximum Gasteiger partial charge on any atom is 0.275 e. The first-order valence-electron chi connectivity index (χ1n) is 6.09. The molecule has 0 aromatic heterocycles. The van der Waals surface area contributed by atoms with Crippen molar-refractivity contribution >= 4 is 21.6 Å². The first-order valence-corrected chi connectivity index (χ1v) is 6.89. The molecule has 0 bridgehead atoms. The molecule has 0 spiro atoms. The van der Waals surface area contributed by atoms with Gasteiger partial charge in [0.15, 0.2) is 0 Å². The number of hydrogen-bond acceptors (Lipinski definition) is 3. The van der Waals surface area contributed by atoms with Crippen molar-refractivity contribution in [3.8, 4) is 0 Å². The molecule has 100 valence electrons. The minimum absolute atomic E-state index is 0.187. The lowest BCUT2D eigenvalue weighted by Crippen LogP contribution is -2.27. The van der Waals surface area contributed by atoms with E-state index in [-0.39, 0.29) is 10.6 Å². The Morgan fingerprint density at radius 2 is 2.11 bits per heavy atom. The molecule has 4 nitrogen and oxygen atoms in total. The molecule has 5 heteroatoms. The first kappa shape index (κ1) is 15.1. The van der Waals surface area contributed by atoms with E-state index in [1.165, 1.54) is 0 Å². The summed E-state index contributed by atoms with van der Waals surface area (Å²) in [5, 5.41) is 11.0. The molecule has 1 rings (SSSR count). The van der Waals surface area contributed by atoms with E-state index in [0.717, 1.165) is 23.1 Å². The Bertz CT molecular complexity index is 421. The molecule has 0 aliphatic heterocycles. The Balaban J connectivity index is 2.97. The van der Waals surface area contributed by atoms with E-state index in [9.17, 15) is 10.1 Å². The standard InChI is InChI=1S/C13H19BrN2O2/c1-4-15(8-10(2)3)9-11-12(14)6-5-7-13(11)16(17)18/h5-7,10H,4,8-9H2,1-3H3. The van der Waals surface area contributed by atoms with Crippen LogP contribution in [-0.4, -0.2) is 22.9 Å². The number of halogens is 1. The van der Waals surface area contributed by atoms with Gasteiger partial charge in [-0.1, -0.05) is 42.8 Å². The van der Waals surface area contributed by atoms with Crippen LogP contribution < -0.4 is 0 Å². The van der Waals surface area contributed by atoms with E-state index in [0.29, 0.717) is 12.5 Å². The molecule has 0 saturated heterocycles. The van der Waals surface area contributed by atoms with Crippen molar-refractivity contribution in [2.45, 2.75) is 27.3 Å². The van der Waals surface area contributed by atoms with Crippen molar-refractivity contribution in [2.75, 3.05) is 13.1 Å². The lowest BCUT2D eigenvalue weighted by atomic mass is 10.1. The quantitative estimate of drug-likeness (QED) is 0.592. The largest absolute Gasteiger partial charge is 0.299 e. The van der Waals surface area contributed by atoms with Crippen LogP contribution in [0.15, 0.2) is 22.7 Å². The summed E-state index contributed by atoms with van der Waals surface area (Å²) in [6, 6.07) is 5.11. The van der Waals surface area contributed by atoms with Gasteiger partial charge in [0.05, 0.1) is 10.5 Å². The molecular formula is C13H19BrN2O2. The van der Waals surface area contributed by atoms with Crippen LogP contribution in [0.4, 0.5) is 5.69 Å². The number of nitrogens with zero attached hydrogens (tertiary/aromatic N) is 2. The lowest BCUT2D eigenvalue weighted by molar-refractivity contribution is -0.385. The minimum atomic E-state index is -0.316. The fraction of sp³-hybridized carbons (Fsp3) is 0.538. The third-order valence-corrected chi connectivity index (χ3v) is 3.49. The van der Waals surface area contributed by atoms with Gasteiger partial charge in [-0.2, -0.15) is 0 Å². The molecule has 1 aromatic rings. The highest BCUT2D eigenvalue weighted by molar-refractivity contribution is 9.10. The third-order valence-electron chi connectivity index (χ3n) is 2.74. The van der Waals surface area contributed by atoms with Crippen LogP contribution in [0.25, 0.3) is 0 Å². The Morgan fingerprint density at radius 3 is 2.61 bits per heavy atom. The average Bonchev–Trinajstić information content (AvgIpc) is 2.29. The Labute approximate surface area is 116 Å². The van der Waals surface area contributed by atoms with Crippen LogP contribution in [-0.2, 0) is 6.54 Å². The van der Waals surface area contributed by atoms with Gasteiger partial charge in [-0.05, 0) is 18.5 Å². The third kappa shape index (κ3) is 4.07. The van der Waals surface area contributed by atoms with Crippen LogP contribution >= 0.6 is 15.9 Å². The number of nitro benzene ring substituents is 1. The number of hydrogen-bond donors (Lipinski definition) is 0. The summed E-state index contributed by atoms with van der Waals surface area (Å²) in [4.78, 5) is 12.9. The summed E-state index contributed by atoms with van der Waals surface area (Å²) in [6.45, 7) is 8.80. The highest BCUT2D eigenvalue weighted by Gasteiger charge is 2.18. The van der Waals surface area contributed by atoms with Crippen molar-refractivity contribution in [1.29, 1.82) is 0 Å². The summed E-state index contributed by atoms with van der Waals surface area (Å²) < 4.78 is 0.805. The van der Waals surface area contributed by atoms with Crippen molar-refractivity contribution < 1.29 is 4.92 Å². The fourth-order valence-corrected chi connectivity index (χ4v) is 2.40. The molecule has 0 atom stereocenters. The Hall–Kier alpha value is -0.940. The van der Waals surface area contributed by atoms with Crippen molar-refractivity contribution in [2.24, 2.45) is 5.92 Å². The highest BCUT2D eigenvalue weighted by atomic mass is 79.9. The van der Waals surface area contributed by atoms with Crippen LogP contribution in [0.5, 0.6) is 0 Å². The second-order valence-corrected chi connectivity index (χ2v) is 5.57. The predicted molar refractivity (Wildman–Crippen MR) is 76.6 cm³/mol. The lowest BCUT2D eigenvalue weighted by Gasteiger charge is -2.22. The van der Waals surface area contributed by atoms with Crippen LogP contribution in [0.2, 0.25) is 0 Å². The van der Waals surface area contributed by atoms with E-state index in [1.54, 1.807) is 12.1 Å². The van der Waals surface area contributed by atoms with Crippen molar-refractivity contribution in [3.05, 3.63) is 38.3 Å². The van der Waals surface area contributed by atoms with E-state index < -0.39 is 0 Å². The molecule has 0 N–H and O–H groups in total. The van der Waals surface area contributed by atoms with Gasteiger partial charge in [0.2, 0.25) is 0 Å². The second kappa shape index (κ2) is 6.85. The molecule has 18 heavy (non-hydrogen) atoms. The van der Waals surface area contributed by atoms with E-state index >= 15 is 0 Å².